The highest BCUT2D eigenvalue weighted by Gasteiger charge is 2.30. The van der Waals surface area contributed by atoms with Gasteiger partial charge in [0.15, 0.2) is 11.6 Å². The first kappa shape index (κ1) is 17.5. The highest BCUT2D eigenvalue weighted by Crippen LogP contribution is 2.33. The van der Waals surface area contributed by atoms with Gasteiger partial charge in [0.1, 0.15) is 0 Å². The number of amides is 1. The van der Waals surface area contributed by atoms with Gasteiger partial charge >= 0.3 is 0 Å². The van der Waals surface area contributed by atoms with Crippen molar-refractivity contribution in [3.63, 3.8) is 0 Å². The van der Waals surface area contributed by atoms with Crippen LogP contribution in [0.1, 0.15) is 44.9 Å². The monoisotopic (exact) mass is 327 g/mol. The summed E-state index contributed by atoms with van der Waals surface area (Å²) in [6, 6.07) is 1.42. The average molecular weight is 327 g/mol. The van der Waals surface area contributed by atoms with Crippen molar-refractivity contribution in [2.45, 2.75) is 13.8 Å². The van der Waals surface area contributed by atoms with Crippen LogP contribution < -0.4 is 16.8 Å². The summed E-state index contributed by atoms with van der Waals surface area (Å²) >= 11 is 0. The predicted molar refractivity (Wildman–Crippen MR) is 94.2 cm³/mol. The molecule has 2 atom stereocenters. The Morgan fingerprint density at radius 3 is 2.00 bits per heavy atom. The van der Waals surface area contributed by atoms with Crippen LogP contribution in [-0.2, 0) is 0 Å². The highest BCUT2D eigenvalue weighted by molar-refractivity contribution is 6.19. The first-order chi connectivity index (χ1) is 11.3. The highest BCUT2D eigenvalue weighted by atomic mass is 16.1. The third-order valence-electron chi connectivity index (χ3n) is 4.13. The van der Waals surface area contributed by atoms with E-state index in [0.717, 1.165) is 0 Å². The second kappa shape index (κ2) is 6.70. The Hall–Kier alpha value is -2.89. The van der Waals surface area contributed by atoms with E-state index in [1.54, 1.807) is 45.2 Å². The summed E-state index contributed by atoms with van der Waals surface area (Å²) in [6.45, 7) is 3.45. The molecule has 2 rings (SSSR count). The van der Waals surface area contributed by atoms with Crippen molar-refractivity contribution >= 4 is 28.8 Å². The van der Waals surface area contributed by atoms with Crippen LogP contribution in [0, 0.1) is 11.8 Å². The van der Waals surface area contributed by atoms with Gasteiger partial charge in [-0.1, -0.05) is 38.2 Å². The number of nitrogens with two attached hydrogens (primary N) is 2. The van der Waals surface area contributed by atoms with Crippen molar-refractivity contribution in [1.82, 2.24) is 0 Å². The third-order valence-corrected chi connectivity index (χ3v) is 4.13. The number of carbonyl (C=O) groups excluding carboxylic acids is 3. The fraction of sp³-hybridized carbons (Fsp3) is 0.278. The zero-order valence-electron chi connectivity index (χ0n) is 13.9. The number of nitrogen functional groups attached to an aromatic ring is 1. The molecule has 0 bridgehead atoms. The van der Waals surface area contributed by atoms with Crippen LogP contribution in [0.5, 0.6) is 0 Å². The first-order valence-corrected chi connectivity index (χ1v) is 7.67. The van der Waals surface area contributed by atoms with Gasteiger partial charge in [-0.25, -0.2) is 0 Å². The number of primary amides is 1. The summed E-state index contributed by atoms with van der Waals surface area (Å²) < 4.78 is 0. The molecule has 0 spiro atoms. The van der Waals surface area contributed by atoms with E-state index in [1.165, 1.54) is 6.07 Å². The summed E-state index contributed by atoms with van der Waals surface area (Å²) in [5.74, 6) is -2.26. The molecule has 1 aromatic carbocycles. The molecule has 0 saturated heterocycles. The lowest BCUT2D eigenvalue weighted by Crippen LogP contribution is -2.24. The molecule has 5 N–H and O–H groups in total. The van der Waals surface area contributed by atoms with Crippen LogP contribution in [0.25, 0.3) is 0 Å². The van der Waals surface area contributed by atoms with E-state index >= 15 is 0 Å². The lowest BCUT2D eigenvalue weighted by atomic mass is 9.84. The quantitative estimate of drug-likeness (QED) is 0.720. The van der Waals surface area contributed by atoms with E-state index in [2.05, 4.69) is 5.32 Å². The van der Waals surface area contributed by atoms with Gasteiger partial charge in [0.05, 0.1) is 22.4 Å². The number of hydrogen-bond donors (Lipinski definition) is 3. The standard InChI is InChI=1S/C18H21N3O3/c1-9-6-4-5-7-10(2)17(23)14-13(16(9)22)12(21-3)8-11(15(14)19)18(20)24/h4-10,21H,19H2,1-3H3,(H2,20,24)/b6-4-,7-5-. The summed E-state index contributed by atoms with van der Waals surface area (Å²) in [5.41, 5.74) is 12.0. The van der Waals surface area contributed by atoms with Crippen LogP contribution >= 0.6 is 0 Å². The van der Waals surface area contributed by atoms with Gasteiger partial charge < -0.3 is 16.8 Å². The molecule has 6 heteroatoms. The summed E-state index contributed by atoms with van der Waals surface area (Å²) in [6.07, 6.45) is 6.95. The van der Waals surface area contributed by atoms with E-state index in [0.29, 0.717) is 5.69 Å². The second-order valence-electron chi connectivity index (χ2n) is 5.83. The van der Waals surface area contributed by atoms with E-state index in [1.807, 2.05) is 0 Å². The van der Waals surface area contributed by atoms with Crippen molar-refractivity contribution in [3.05, 3.63) is 47.1 Å². The van der Waals surface area contributed by atoms with Gasteiger partial charge in [-0.3, -0.25) is 14.4 Å². The first-order valence-electron chi connectivity index (χ1n) is 7.67. The number of Topliss-reactive ketones (excluding diaryl/α,β-unsaturated/α-hetero) is 2. The van der Waals surface area contributed by atoms with Crippen molar-refractivity contribution in [2.24, 2.45) is 17.6 Å². The third kappa shape index (κ3) is 2.95. The van der Waals surface area contributed by atoms with Crippen LogP contribution in [-0.4, -0.2) is 24.5 Å². The molecule has 1 aliphatic rings. The van der Waals surface area contributed by atoms with Gasteiger partial charge in [0, 0.05) is 24.6 Å². The van der Waals surface area contributed by atoms with Gasteiger partial charge in [-0.05, 0) is 6.07 Å². The molecule has 0 radical (unpaired) electrons. The van der Waals surface area contributed by atoms with E-state index in [-0.39, 0.29) is 33.9 Å². The Labute approximate surface area is 140 Å². The Morgan fingerprint density at radius 1 is 1.04 bits per heavy atom. The molecule has 24 heavy (non-hydrogen) atoms. The normalized spacial score (nSPS) is 23.3. The van der Waals surface area contributed by atoms with E-state index in [9.17, 15) is 14.4 Å². The molecule has 1 aliphatic carbocycles. The molecule has 1 amide bonds. The number of benzene rings is 1. The Balaban J connectivity index is 2.90. The maximum absolute atomic E-state index is 12.9. The fourth-order valence-corrected chi connectivity index (χ4v) is 2.70. The van der Waals surface area contributed by atoms with Gasteiger partial charge in [-0.15, -0.1) is 0 Å². The molecular formula is C18H21N3O3. The number of anilines is 2. The molecule has 0 aromatic heterocycles. The topological polar surface area (TPSA) is 115 Å². The van der Waals surface area contributed by atoms with Crippen LogP contribution in [0.15, 0.2) is 30.4 Å². The van der Waals surface area contributed by atoms with Crippen LogP contribution in [0.2, 0.25) is 0 Å². The van der Waals surface area contributed by atoms with E-state index < -0.39 is 17.7 Å². The van der Waals surface area contributed by atoms with E-state index in [4.69, 9.17) is 11.5 Å². The maximum Gasteiger partial charge on any atom is 0.250 e. The number of allylic oxidation sites excluding steroid dienone is 4. The number of hydrogen-bond acceptors (Lipinski definition) is 5. The summed E-state index contributed by atoms with van der Waals surface area (Å²) in [4.78, 5) is 37.4. The minimum Gasteiger partial charge on any atom is -0.397 e. The van der Waals surface area contributed by atoms with Crippen molar-refractivity contribution in [3.8, 4) is 0 Å². The number of fused-ring (bicyclic) bond motifs is 1. The molecule has 0 saturated carbocycles. The average Bonchev–Trinajstić information content (AvgIpc) is 2.55. The molecule has 0 aliphatic heterocycles. The van der Waals surface area contributed by atoms with Crippen LogP contribution in [0.4, 0.5) is 11.4 Å². The van der Waals surface area contributed by atoms with Crippen LogP contribution in [0.3, 0.4) is 0 Å². The number of nitrogens with one attached hydrogen (secondary N) is 1. The SMILES string of the molecule is CNc1cc(C(N)=O)c(N)c2c1C(=O)C(C)/C=C\C=C/C(C)C2=O. The van der Waals surface area contributed by atoms with Gasteiger partial charge in [0.25, 0.3) is 5.91 Å². The Bertz CT molecular complexity index is 778. The largest absolute Gasteiger partial charge is 0.397 e. The summed E-state index contributed by atoms with van der Waals surface area (Å²) in [7, 11) is 1.61. The molecular weight excluding hydrogens is 306 g/mol. The maximum atomic E-state index is 12.9. The van der Waals surface area contributed by atoms with Gasteiger partial charge in [-0.2, -0.15) is 0 Å². The van der Waals surface area contributed by atoms with Crippen molar-refractivity contribution in [1.29, 1.82) is 0 Å². The Kier molecular flexibility index (Phi) is 4.87. The fourth-order valence-electron chi connectivity index (χ4n) is 2.70. The van der Waals surface area contributed by atoms with Crippen molar-refractivity contribution < 1.29 is 14.4 Å². The zero-order chi connectivity index (χ0) is 18.0. The second-order valence-corrected chi connectivity index (χ2v) is 5.83. The van der Waals surface area contributed by atoms with Gasteiger partial charge in [0.2, 0.25) is 0 Å². The molecule has 1 aromatic rings. The number of carbonyl (C=O) groups is 3. The molecule has 2 unspecified atom stereocenters. The smallest absolute Gasteiger partial charge is 0.250 e. The molecule has 0 fully saturated rings. The Morgan fingerprint density at radius 2 is 1.54 bits per heavy atom. The van der Waals surface area contributed by atoms with Crippen molar-refractivity contribution in [2.75, 3.05) is 18.1 Å². The number of rotatable bonds is 2. The minimum absolute atomic E-state index is 0.0238. The molecule has 6 nitrogen and oxygen atoms in total. The number of ketones is 2. The zero-order valence-corrected chi connectivity index (χ0v) is 13.9. The predicted octanol–water partition coefficient (Wildman–Crippen LogP) is 2.17. The molecule has 126 valence electrons. The minimum atomic E-state index is -0.750. The lowest BCUT2D eigenvalue weighted by Gasteiger charge is -2.21. The summed E-state index contributed by atoms with van der Waals surface area (Å²) in [5, 5.41) is 2.87. The lowest BCUT2D eigenvalue weighted by molar-refractivity contribution is 0.0920. The molecule has 0 heterocycles.